The zero-order chi connectivity index (χ0) is 10.8. The van der Waals surface area contributed by atoms with Crippen LogP contribution in [0.5, 0.6) is 0 Å². The minimum atomic E-state index is 0.109. The molecule has 15 heavy (non-hydrogen) atoms. The summed E-state index contributed by atoms with van der Waals surface area (Å²) >= 11 is 2.23. The molecular weight excluding hydrogens is 303 g/mol. The Labute approximate surface area is 103 Å². The molecule has 0 spiro atoms. The molecule has 2 rings (SSSR count). The number of nitrogens with one attached hydrogen (secondary N) is 1. The van der Waals surface area contributed by atoms with Crippen molar-refractivity contribution in [3.05, 3.63) is 33.4 Å². The minimum absolute atomic E-state index is 0.109. The molecule has 0 unspecified atom stereocenters. The molecule has 1 aliphatic heterocycles. The summed E-state index contributed by atoms with van der Waals surface area (Å²) in [5.74, 6) is 0.109. The summed E-state index contributed by atoms with van der Waals surface area (Å²) in [6.45, 7) is 1.82. The summed E-state index contributed by atoms with van der Waals surface area (Å²) in [6, 6.07) is 8.04. The van der Waals surface area contributed by atoms with E-state index in [2.05, 4.69) is 27.9 Å². The van der Waals surface area contributed by atoms with E-state index in [9.17, 15) is 4.79 Å². The molecule has 0 aromatic heterocycles. The standard InChI is InChI=1S/C11H13IN2O/c1-14(10-6-13-7-10)11(15)8-2-4-9(12)5-3-8/h2-5,10,13H,6-7H2,1H3. The SMILES string of the molecule is CN(C(=O)c1ccc(I)cc1)C1CNC1. The fourth-order valence-electron chi connectivity index (χ4n) is 1.51. The topological polar surface area (TPSA) is 32.3 Å². The van der Waals surface area contributed by atoms with Crippen molar-refractivity contribution in [3.8, 4) is 0 Å². The van der Waals surface area contributed by atoms with Crippen molar-refractivity contribution in [1.82, 2.24) is 10.2 Å². The number of hydrogen-bond donors (Lipinski definition) is 1. The van der Waals surface area contributed by atoms with Gasteiger partial charge in [-0.05, 0) is 46.9 Å². The van der Waals surface area contributed by atoms with Gasteiger partial charge in [-0.2, -0.15) is 0 Å². The molecule has 1 aromatic rings. The summed E-state index contributed by atoms with van der Waals surface area (Å²) in [6.07, 6.45) is 0. The summed E-state index contributed by atoms with van der Waals surface area (Å²) < 4.78 is 1.15. The summed E-state index contributed by atoms with van der Waals surface area (Å²) in [4.78, 5) is 13.8. The largest absolute Gasteiger partial charge is 0.336 e. The third-order valence-electron chi connectivity index (χ3n) is 2.72. The van der Waals surface area contributed by atoms with Crippen LogP contribution in [-0.2, 0) is 0 Å². The third-order valence-corrected chi connectivity index (χ3v) is 3.44. The van der Waals surface area contributed by atoms with Gasteiger partial charge in [-0.3, -0.25) is 4.79 Å². The van der Waals surface area contributed by atoms with E-state index in [4.69, 9.17) is 0 Å². The van der Waals surface area contributed by atoms with Gasteiger partial charge in [0.25, 0.3) is 5.91 Å². The van der Waals surface area contributed by atoms with Crippen LogP contribution in [0.4, 0.5) is 0 Å². The molecule has 1 saturated heterocycles. The second-order valence-corrected chi connectivity index (χ2v) is 4.98. The van der Waals surface area contributed by atoms with Crippen molar-refractivity contribution in [2.45, 2.75) is 6.04 Å². The van der Waals surface area contributed by atoms with Gasteiger partial charge >= 0.3 is 0 Å². The number of hydrogen-bond acceptors (Lipinski definition) is 2. The molecule has 1 heterocycles. The molecule has 3 nitrogen and oxygen atoms in total. The van der Waals surface area contributed by atoms with E-state index in [0.717, 1.165) is 22.2 Å². The maximum atomic E-state index is 12.0. The molecule has 4 heteroatoms. The lowest BCUT2D eigenvalue weighted by Gasteiger charge is -2.35. The van der Waals surface area contributed by atoms with E-state index in [-0.39, 0.29) is 5.91 Å². The van der Waals surface area contributed by atoms with Crippen molar-refractivity contribution in [1.29, 1.82) is 0 Å². The van der Waals surface area contributed by atoms with Gasteiger partial charge in [0.2, 0.25) is 0 Å². The van der Waals surface area contributed by atoms with E-state index in [1.807, 2.05) is 36.2 Å². The zero-order valence-electron chi connectivity index (χ0n) is 8.53. The van der Waals surface area contributed by atoms with Crippen molar-refractivity contribution < 1.29 is 4.79 Å². The predicted molar refractivity (Wildman–Crippen MR) is 67.9 cm³/mol. The first-order valence-corrected chi connectivity index (χ1v) is 6.00. The first-order valence-electron chi connectivity index (χ1n) is 4.92. The number of carbonyl (C=O) groups is 1. The number of benzene rings is 1. The maximum absolute atomic E-state index is 12.0. The van der Waals surface area contributed by atoms with Gasteiger partial charge in [-0.15, -0.1) is 0 Å². The first-order chi connectivity index (χ1) is 7.18. The molecule has 0 saturated carbocycles. The smallest absolute Gasteiger partial charge is 0.253 e. The molecule has 80 valence electrons. The Bertz CT molecular complexity index is 359. The average molecular weight is 316 g/mol. The normalized spacial score (nSPS) is 15.9. The van der Waals surface area contributed by atoms with E-state index in [0.29, 0.717) is 6.04 Å². The Morgan fingerprint density at radius 1 is 1.40 bits per heavy atom. The second-order valence-electron chi connectivity index (χ2n) is 3.74. The number of likely N-dealkylation sites (N-methyl/N-ethyl adjacent to an activating group) is 1. The molecule has 1 fully saturated rings. The summed E-state index contributed by atoms with van der Waals surface area (Å²) in [7, 11) is 1.87. The molecule has 0 atom stereocenters. The quantitative estimate of drug-likeness (QED) is 0.835. The summed E-state index contributed by atoms with van der Waals surface area (Å²) in [5, 5.41) is 3.16. The molecular formula is C11H13IN2O. The van der Waals surface area contributed by atoms with Gasteiger partial charge in [0, 0.05) is 29.3 Å². The highest BCUT2D eigenvalue weighted by Gasteiger charge is 2.25. The van der Waals surface area contributed by atoms with Gasteiger partial charge in [0.05, 0.1) is 6.04 Å². The van der Waals surface area contributed by atoms with Crippen molar-refractivity contribution in [2.75, 3.05) is 20.1 Å². The van der Waals surface area contributed by atoms with E-state index >= 15 is 0 Å². The van der Waals surface area contributed by atoms with Crippen LogP contribution in [0.3, 0.4) is 0 Å². The second kappa shape index (κ2) is 4.49. The molecule has 0 bridgehead atoms. The van der Waals surface area contributed by atoms with Crippen LogP contribution >= 0.6 is 22.6 Å². The number of amides is 1. The minimum Gasteiger partial charge on any atom is -0.336 e. The Kier molecular flexibility index (Phi) is 3.25. The maximum Gasteiger partial charge on any atom is 0.253 e. The van der Waals surface area contributed by atoms with Crippen LogP contribution in [0.1, 0.15) is 10.4 Å². The van der Waals surface area contributed by atoms with Crippen molar-refractivity contribution >= 4 is 28.5 Å². The van der Waals surface area contributed by atoms with Gasteiger partial charge in [-0.25, -0.2) is 0 Å². The Morgan fingerprint density at radius 3 is 2.47 bits per heavy atom. The van der Waals surface area contributed by atoms with E-state index in [1.165, 1.54) is 0 Å². The van der Waals surface area contributed by atoms with Crippen LogP contribution in [0, 0.1) is 3.57 Å². The molecule has 1 N–H and O–H groups in total. The van der Waals surface area contributed by atoms with Gasteiger partial charge < -0.3 is 10.2 Å². The number of nitrogens with zero attached hydrogens (tertiary/aromatic N) is 1. The van der Waals surface area contributed by atoms with Crippen molar-refractivity contribution in [2.24, 2.45) is 0 Å². The highest BCUT2D eigenvalue weighted by atomic mass is 127. The van der Waals surface area contributed by atoms with E-state index in [1.54, 1.807) is 0 Å². The third kappa shape index (κ3) is 2.31. The monoisotopic (exact) mass is 316 g/mol. The molecule has 1 aliphatic rings. The molecule has 1 amide bonds. The Balaban J connectivity index is 2.09. The number of carbonyl (C=O) groups excluding carboxylic acids is 1. The average Bonchev–Trinajstić information content (AvgIpc) is 2.15. The number of halogens is 1. The predicted octanol–water partition coefficient (Wildman–Crippen LogP) is 1.33. The Hall–Kier alpha value is -0.620. The zero-order valence-corrected chi connectivity index (χ0v) is 10.7. The summed E-state index contributed by atoms with van der Waals surface area (Å²) in [5.41, 5.74) is 0.768. The molecule has 0 aliphatic carbocycles. The molecule has 0 radical (unpaired) electrons. The lowest BCUT2D eigenvalue weighted by Crippen LogP contribution is -2.57. The van der Waals surface area contributed by atoms with Crippen LogP contribution < -0.4 is 5.32 Å². The van der Waals surface area contributed by atoms with Gasteiger partial charge in [0.1, 0.15) is 0 Å². The lowest BCUT2D eigenvalue weighted by atomic mass is 10.1. The first kappa shape index (κ1) is 10.9. The highest BCUT2D eigenvalue weighted by Crippen LogP contribution is 2.11. The van der Waals surface area contributed by atoms with Gasteiger partial charge in [0.15, 0.2) is 0 Å². The fourth-order valence-corrected chi connectivity index (χ4v) is 1.87. The van der Waals surface area contributed by atoms with Gasteiger partial charge in [-0.1, -0.05) is 0 Å². The van der Waals surface area contributed by atoms with E-state index < -0.39 is 0 Å². The van der Waals surface area contributed by atoms with Crippen LogP contribution in [0.15, 0.2) is 24.3 Å². The van der Waals surface area contributed by atoms with Crippen LogP contribution in [0.25, 0.3) is 0 Å². The van der Waals surface area contributed by atoms with Crippen LogP contribution in [-0.4, -0.2) is 37.0 Å². The van der Waals surface area contributed by atoms with Crippen molar-refractivity contribution in [3.63, 3.8) is 0 Å². The Morgan fingerprint density at radius 2 is 2.00 bits per heavy atom. The number of rotatable bonds is 2. The van der Waals surface area contributed by atoms with Crippen LogP contribution in [0.2, 0.25) is 0 Å². The highest BCUT2D eigenvalue weighted by molar-refractivity contribution is 14.1. The lowest BCUT2D eigenvalue weighted by molar-refractivity contribution is 0.0681. The fraction of sp³-hybridized carbons (Fsp3) is 0.364. The molecule has 1 aromatic carbocycles.